The van der Waals surface area contributed by atoms with Crippen LogP contribution in [0, 0.1) is 0 Å². The second-order valence-electron chi connectivity index (χ2n) is 3.06. The maximum absolute atomic E-state index is 8.81. The van der Waals surface area contributed by atoms with Crippen molar-refractivity contribution in [3.05, 3.63) is 46.8 Å². The van der Waals surface area contributed by atoms with Crippen molar-refractivity contribution >= 4 is 15.9 Å². The van der Waals surface area contributed by atoms with Crippen LogP contribution in [0.1, 0.15) is 5.69 Å². The average Bonchev–Trinajstić information content (AvgIpc) is 2.30. The molecule has 0 atom stereocenters. The van der Waals surface area contributed by atoms with Crippen molar-refractivity contribution in [1.82, 2.24) is 9.97 Å². The third kappa shape index (κ3) is 2.77. The topological polar surface area (TPSA) is 55.2 Å². The zero-order valence-electron chi connectivity index (χ0n) is 8.30. The number of hydrogen-bond acceptors (Lipinski definition) is 4. The predicted molar refractivity (Wildman–Crippen MR) is 62.2 cm³/mol. The molecular weight excluding hydrogens is 272 g/mol. The van der Waals surface area contributed by atoms with Gasteiger partial charge in [0, 0.05) is 4.47 Å². The highest BCUT2D eigenvalue weighted by Gasteiger charge is 2.00. The summed E-state index contributed by atoms with van der Waals surface area (Å²) in [4.78, 5) is 7.98. The summed E-state index contributed by atoms with van der Waals surface area (Å²) in [6, 6.07) is 7.44. The van der Waals surface area contributed by atoms with Crippen molar-refractivity contribution in [1.29, 1.82) is 0 Å². The Hall–Kier alpha value is -1.46. The van der Waals surface area contributed by atoms with Gasteiger partial charge < -0.3 is 9.84 Å². The molecule has 82 valence electrons. The van der Waals surface area contributed by atoms with E-state index in [-0.39, 0.29) is 6.61 Å². The van der Waals surface area contributed by atoms with Crippen molar-refractivity contribution in [3.63, 3.8) is 0 Å². The summed E-state index contributed by atoms with van der Waals surface area (Å²) in [6.07, 6.45) is 2.96. The normalized spacial score (nSPS) is 10.1. The lowest BCUT2D eigenvalue weighted by molar-refractivity contribution is 0.276. The molecule has 2 aromatic rings. The van der Waals surface area contributed by atoms with Crippen LogP contribution in [0.4, 0.5) is 0 Å². The number of aliphatic hydroxyl groups is 1. The molecule has 0 radical (unpaired) electrons. The van der Waals surface area contributed by atoms with Gasteiger partial charge in [0.2, 0.25) is 5.88 Å². The standard InChI is InChI=1S/C11H9BrN2O2/c12-8-2-1-3-10(4-8)16-11-6-13-9(7-15)5-14-11/h1-6,15H,7H2. The molecule has 0 bridgehead atoms. The van der Waals surface area contributed by atoms with Crippen LogP contribution in [0.2, 0.25) is 0 Å². The summed E-state index contributed by atoms with van der Waals surface area (Å²) in [5.41, 5.74) is 0.515. The molecule has 0 aliphatic heterocycles. The van der Waals surface area contributed by atoms with Gasteiger partial charge in [0.15, 0.2) is 0 Å². The minimum atomic E-state index is -0.121. The largest absolute Gasteiger partial charge is 0.437 e. The molecule has 0 saturated heterocycles. The van der Waals surface area contributed by atoms with Gasteiger partial charge in [-0.1, -0.05) is 22.0 Å². The van der Waals surface area contributed by atoms with Crippen LogP contribution in [-0.4, -0.2) is 15.1 Å². The fraction of sp³-hybridized carbons (Fsp3) is 0.0909. The maximum Gasteiger partial charge on any atom is 0.237 e. The SMILES string of the molecule is OCc1cnc(Oc2cccc(Br)c2)cn1. The Kier molecular flexibility index (Phi) is 3.48. The van der Waals surface area contributed by atoms with Crippen LogP contribution in [0.5, 0.6) is 11.6 Å². The van der Waals surface area contributed by atoms with Gasteiger partial charge in [-0.25, -0.2) is 4.98 Å². The van der Waals surface area contributed by atoms with Crippen molar-refractivity contribution in [2.45, 2.75) is 6.61 Å². The molecule has 1 heterocycles. The maximum atomic E-state index is 8.81. The van der Waals surface area contributed by atoms with Crippen molar-refractivity contribution in [3.8, 4) is 11.6 Å². The number of halogens is 1. The fourth-order valence-corrected chi connectivity index (χ4v) is 1.51. The van der Waals surface area contributed by atoms with E-state index >= 15 is 0 Å². The first kappa shape index (κ1) is 11.0. The van der Waals surface area contributed by atoms with Crippen LogP contribution in [-0.2, 0) is 6.61 Å². The minimum absolute atomic E-state index is 0.121. The van der Waals surface area contributed by atoms with E-state index in [1.54, 1.807) is 0 Å². The number of benzene rings is 1. The molecule has 4 nitrogen and oxygen atoms in total. The van der Waals surface area contributed by atoms with Gasteiger partial charge in [-0.15, -0.1) is 0 Å². The summed E-state index contributed by atoms with van der Waals surface area (Å²) < 4.78 is 6.41. The Labute approximate surface area is 101 Å². The second-order valence-corrected chi connectivity index (χ2v) is 3.98. The summed E-state index contributed by atoms with van der Waals surface area (Å²) in [7, 11) is 0. The van der Waals surface area contributed by atoms with E-state index in [4.69, 9.17) is 9.84 Å². The monoisotopic (exact) mass is 280 g/mol. The lowest BCUT2D eigenvalue weighted by Gasteiger charge is -2.04. The Bertz CT molecular complexity index is 474. The van der Waals surface area contributed by atoms with E-state index < -0.39 is 0 Å². The molecule has 1 N–H and O–H groups in total. The van der Waals surface area contributed by atoms with E-state index in [0.717, 1.165) is 4.47 Å². The molecule has 0 spiro atoms. The molecule has 0 amide bonds. The van der Waals surface area contributed by atoms with Crippen LogP contribution in [0.15, 0.2) is 41.1 Å². The smallest absolute Gasteiger partial charge is 0.237 e. The molecule has 5 heteroatoms. The summed E-state index contributed by atoms with van der Waals surface area (Å²) in [5.74, 6) is 1.08. The number of hydrogen-bond donors (Lipinski definition) is 1. The predicted octanol–water partition coefficient (Wildman–Crippen LogP) is 2.52. The molecule has 0 saturated carbocycles. The minimum Gasteiger partial charge on any atom is -0.437 e. The molecule has 1 aromatic carbocycles. The lowest BCUT2D eigenvalue weighted by Crippen LogP contribution is -1.93. The zero-order valence-corrected chi connectivity index (χ0v) is 9.89. The summed E-state index contributed by atoms with van der Waals surface area (Å²) >= 11 is 3.35. The Balaban J connectivity index is 2.14. The summed E-state index contributed by atoms with van der Waals surface area (Å²) in [6.45, 7) is -0.121. The van der Waals surface area contributed by atoms with Gasteiger partial charge in [0.05, 0.1) is 24.7 Å². The third-order valence-corrected chi connectivity index (χ3v) is 2.36. The number of rotatable bonds is 3. The van der Waals surface area contributed by atoms with Gasteiger partial charge in [0.1, 0.15) is 5.75 Å². The van der Waals surface area contributed by atoms with Gasteiger partial charge >= 0.3 is 0 Å². The second kappa shape index (κ2) is 5.05. The van der Waals surface area contributed by atoms with Gasteiger partial charge in [-0.2, -0.15) is 0 Å². The highest BCUT2D eigenvalue weighted by molar-refractivity contribution is 9.10. The molecule has 0 aliphatic rings. The first-order valence-corrected chi connectivity index (χ1v) is 5.42. The zero-order chi connectivity index (χ0) is 11.4. The van der Waals surface area contributed by atoms with E-state index in [1.807, 2.05) is 24.3 Å². The lowest BCUT2D eigenvalue weighted by atomic mass is 10.3. The molecule has 16 heavy (non-hydrogen) atoms. The summed E-state index contributed by atoms with van der Waals surface area (Å²) in [5, 5.41) is 8.81. The third-order valence-electron chi connectivity index (χ3n) is 1.86. The first-order chi connectivity index (χ1) is 7.78. The van der Waals surface area contributed by atoms with Crippen LogP contribution in [0.3, 0.4) is 0 Å². The van der Waals surface area contributed by atoms with Crippen molar-refractivity contribution in [2.75, 3.05) is 0 Å². The van der Waals surface area contributed by atoms with Crippen molar-refractivity contribution in [2.24, 2.45) is 0 Å². The molecule has 1 aromatic heterocycles. The number of aliphatic hydroxyl groups excluding tert-OH is 1. The Morgan fingerprint density at radius 2 is 2.12 bits per heavy atom. The number of aromatic nitrogens is 2. The average molecular weight is 281 g/mol. The van der Waals surface area contributed by atoms with Crippen molar-refractivity contribution < 1.29 is 9.84 Å². The highest BCUT2D eigenvalue weighted by atomic mass is 79.9. The van der Waals surface area contributed by atoms with E-state index in [2.05, 4.69) is 25.9 Å². The quantitative estimate of drug-likeness (QED) is 0.939. The van der Waals surface area contributed by atoms with Crippen LogP contribution < -0.4 is 4.74 Å². The number of nitrogens with zero attached hydrogens (tertiary/aromatic N) is 2. The Morgan fingerprint density at radius 1 is 1.25 bits per heavy atom. The van der Waals surface area contributed by atoms with E-state index in [0.29, 0.717) is 17.3 Å². The molecule has 0 fully saturated rings. The van der Waals surface area contributed by atoms with Gasteiger partial charge in [-0.05, 0) is 18.2 Å². The molecule has 0 unspecified atom stereocenters. The van der Waals surface area contributed by atoms with Crippen LogP contribution >= 0.6 is 15.9 Å². The molecule has 0 aliphatic carbocycles. The van der Waals surface area contributed by atoms with Gasteiger partial charge in [0.25, 0.3) is 0 Å². The Morgan fingerprint density at radius 3 is 2.75 bits per heavy atom. The first-order valence-electron chi connectivity index (χ1n) is 4.63. The van der Waals surface area contributed by atoms with Gasteiger partial charge in [-0.3, -0.25) is 4.98 Å². The highest BCUT2D eigenvalue weighted by Crippen LogP contribution is 2.22. The molecular formula is C11H9BrN2O2. The van der Waals surface area contributed by atoms with Crippen LogP contribution in [0.25, 0.3) is 0 Å². The van der Waals surface area contributed by atoms with E-state index in [9.17, 15) is 0 Å². The number of ether oxygens (including phenoxy) is 1. The fourth-order valence-electron chi connectivity index (χ4n) is 1.13. The molecule has 2 rings (SSSR count). The van der Waals surface area contributed by atoms with E-state index in [1.165, 1.54) is 12.4 Å².